The van der Waals surface area contributed by atoms with Gasteiger partial charge in [-0.05, 0) is 60.2 Å². The molecular weight excluding hydrogens is 470 g/mol. The topological polar surface area (TPSA) is 70.8 Å². The molecule has 148 valence electrons. The fourth-order valence-corrected chi connectivity index (χ4v) is 4.22. The largest absolute Gasteiger partial charge is 0.508 e. The quantitative estimate of drug-likeness (QED) is 0.400. The number of carbonyl (C=O) groups excluding carboxylic acids is 1. The Kier molecular flexibility index (Phi) is 4.41. The normalized spacial score (nSPS) is 15.6. The van der Waals surface area contributed by atoms with Gasteiger partial charge in [-0.1, -0.05) is 39.7 Å². The van der Waals surface area contributed by atoms with E-state index in [0.717, 1.165) is 4.47 Å². The van der Waals surface area contributed by atoms with Gasteiger partial charge < -0.3 is 9.52 Å². The van der Waals surface area contributed by atoms with Crippen LogP contribution in [0.2, 0.25) is 5.02 Å². The highest BCUT2D eigenvalue weighted by atomic mass is 79.9. The Morgan fingerprint density at radius 2 is 1.67 bits per heavy atom. The van der Waals surface area contributed by atoms with E-state index in [1.165, 1.54) is 17.0 Å². The van der Waals surface area contributed by atoms with E-state index in [1.807, 2.05) is 12.1 Å². The first kappa shape index (κ1) is 18.9. The van der Waals surface area contributed by atoms with Crippen molar-refractivity contribution in [3.05, 3.63) is 103 Å². The first-order valence-electron chi connectivity index (χ1n) is 9.08. The Balaban J connectivity index is 1.81. The lowest BCUT2D eigenvalue weighted by molar-refractivity contribution is 0.0971. The Hall–Kier alpha value is -3.09. The van der Waals surface area contributed by atoms with E-state index in [-0.39, 0.29) is 22.5 Å². The molecule has 0 spiro atoms. The fraction of sp³-hybridized carbons (Fsp3) is 0.0435. The predicted octanol–water partition coefficient (Wildman–Crippen LogP) is 5.66. The Labute approximate surface area is 184 Å². The molecule has 0 fully saturated rings. The summed E-state index contributed by atoms with van der Waals surface area (Å²) >= 11 is 9.49. The Bertz CT molecular complexity index is 1360. The maximum Gasteiger partial charge on any atom is 0.295 e. The number of amides is 1. The van der Waals surface area contributed by atoms with Crippen molar-refractivity contribution in [2.75, 3.05) is 4.90 Å². The van der Waals surface area contributed by atoms with Gasteiger partial charge in [-0.2, -0.15) is 0 Å². The van der Waals surface area contributed by atoms with Crippen LogP contribution in [-0.2, 0) is 0 Å². The summed E-state index contributed by atoms with van der Waals surface area (Å²) in [6.45, 7) is 0. The molecule has 1 amide bonds. The molecule has 5 rings (SSSR count). The summed E-state index contributed by atoms with van der Waals surface area (Å²) in [5.74, 6) is -0.300. The van der Waals surface area contributed by atoms with Crippen molar-refractivity contribution in [3.63, 3.8) is 0 Å². The first-order chi connectivity index (χ1) is 14.4. The molecule has 1 atom stereocenters. The lowest BCUT2D eigenvalue weighted by Crippen LogP contribution is -2.29. The van der Waals surface area contributed by atoms with Crippen molar-refractivity contribution in [1.82, 2.24) is 0 Å². The standard InChI is InChI=1S/C23H13BrClNO4/c24-13-3-6-15(7-4-13)26-20(12-1-8-16(27)9-2-12)19-21(28)17-11-14(25)5-10-18(17)30-22(19)23(26)29/h1-11,20,27H. The number of anilines is 1. The first-order valence-corrected chi connectivity index (χ1v) is 10.3. The van der Waals surface area contributed by atoms with Crippen LogP contribution in [0.25, 0.3) is 11.0 Å². The van der Waals surface area contributed by atoms with E-state index in [9.17, 15) is 14.7 Å². The van der Waals surface area contributed by atoms with Gasteiger partial charge in [0.2, 0.25) is 5.76 Å². The van der Waals surface area contributed by atoms with E-state index in [2.05, 4.69) is 15.9 Å². The average Bonchev–Trinajstić information content (AvgIpc) is 3.03. The van der Waals surface area contributed by atoms with Crippen LogP contribution in [0.5, 0.6) is 5.75 Å². The van der Waals surface area contributed by atoms with Crippen molar-refractivity contribution in [3.8, 4) is 5.75 Å². The number of rotatable bonds is 2. The molecule has 4 aromatic rings. The van der Waals surface area contributed by atoms with Gasteiger partial charge >= 0.3 is 0 Å². The highest BCUT2D eigenvalue weighted by Crippen LogP contribution is 2.41. The molecule has 30 heavy (non-hydrogen) atoms. The second kappa shape index (κ2) is 7.00. The molecule has 7 heteroatoms. The van der Waals surface area contributed by atoms with Crippen molar-refractivity contribution < 1.29 is 14.3 Å². The lowest BCUT2D eigenvalue weighted by Gasteiger charge is -2.25. The van der Waals surface area contributed by atoms with Crippen LogP contribution in [0, 0.1) is 0 Å². The van der Waals surface area contributed by atoms with Crippen LogP contribution in [0.15, 0.2) is 80.4 Å². The monoisotopic (exact) mass is 481 g/mol. The third-order valence-electron chi connectivity index (χ3n) is 5.15. The summed E-state index contributed by atoms with van der Waals surface area (Å²) in [4.78, 5) is 28.4. The van der Waals surface area contributed by atoms with Gasteiger partial charge in [0.1, 0.15) is 11.3 Å². The summed E-state index contributed by atoms with van der Waals surface area (Å²) in [6.07, 6.45) is 0. The van der Waals surface area contributed by atoms with Crippen molar-refractivity contribution in [1.29, 1.82) is 0 Å². The van der Waals surface area contributed by atoms with Crippen molar-refractivity contribution in [2.45, 2.75) is 6.04 Å². The minimum absolute atomic E-state index is 0.0100. The molecule has 0 aliphatic carbocycles. The van der Waals surface area contributed by atoms with Gasteiger partial charge in [0.05, 0.1) is 17.0 Å². The smallest absolute Gasteiger partial charge is 0.295 e. The molecule has 1 aliphatic heterocycles. The van der Waals surface area contributed by atoms with E-state index in [1.54, 1.807) is 42.5 Å². The van der Waals surface area contributed by atoms with E-state index < -0.39 is 11.9 Å². The van der Waals surface area contributed by atoms with Gasteiger partial charge in [0, 0.05) is 15.2 Å². The second-order valence-corrected chi connectivity index (χ2v) is 8.31. The van der Waals surface area contributed by atoms with Gasteiger partial charge in [0.15, 0.2) is 5.43 Å². The minimum Gasteiger partial charge on any atom is -0.508 e. The fourth-order valence-electron chi connectivity index (χ4n) is 3.79. The van der Waals surface area contributed by atoms with Crippen LogP contribution < -0.4 is 10.3 Å². The predicted molar refractivity (Wildman–Crippen MR) is 118 cm³/mol. The molecule has 0 saturated carbocycles. The highest BCUT2D eigenvalue weighted by Gasteiger charge is 2.43. The van der Waals surface area contributed by atoms with Crippen molar-refractivity contribution >= 4 is 50.1 Å². The van der Waals surface area contributed by atoms with Crippen LogP contribution in [0.3, 0.4) is 0 Å². The summed E-state index contributed by atoms with van der Waals surface area (Å²) < 4.78 is 6.76. The maximum atomic E-state index is 13.4. The van der Waals surface area contributed by atoms with Crippen LogP contribution >= 0.6 is 27.5 Å². The van der Waals surface area contributed by atoms with Crippen molar-refractivity contribution in [2.24, 2.45) is 0 Å². The zero-order valence-electron chi connectivity index (χ0n) is 15.3. The minimum atomic E-state index is -0.700. The zero-order chi connectivity index (χ0) is 21.0. The highest BCUT2D eigenvalue weighted by molar-refractivity contribution is 9.10. The number of phenolic OH excluding ortho intramolecular Hbond substituents is 1. The summed E-state index contributed by atoms with van der Waals surface area (Å²) in [5, 5.41) is 10.4. The average molecular weight is 483 g/mol. The van der Waals surface area contributed by atoms with E-state index in [0.29, 0.717) is 27.2 Å². The summed E-state index contributed by atoms with van der Waals surface area (Å²) in [5.41, 5.74) is 1.55. The number of halogens is 2. The molecule has 5 nitrogen and oxygen atoms in total. The van der Waals surface area contributed by atoms with Crippen LogP contribution in [-0.4, -0.2) is 11.0 Å². The number of aromatic hydroxyl groups is 1. The second-order valence-electron chi connectivity index (χ2n) is 6.96. The molecule has 1 N–H and O–H groups in total. The van der Waals surface area contributed by atoms with E-state index in [4.69, 9.17) is 16.0 Å². The molecule has 1 aromatic heterocycles. The lowest BCUT2D eigenvalue weighted by atomic mass is 9.98. The van der Waals surface area contributed by atoms with Gasteiger partial charge in [-0.25, -0.2) is 0 Å². The number of benzene rings is 3. The number of nitrogens with zero attached hydrogens (tertiary/aromatic N) is 1. The number of fused-ring (bicyclic) bond motifs is 2. The third-order valence-corrected chi connectivity index (χ3v) is 5.91. The maximum absolute atomic E-state index is 13.4. The zero-order valence-corrected chi connectivity index (χ0v) is 17.6. The molecule has 1 aliphatic rings. The Morgan fingerprint density at radius 3 is 2.37 bits per heavy atom. The number of hydrogen-bond acceptors (Lipinski definition) is 4. The summed E-state index contributed by atoms with van der Waals surface area (Å²) in [6, 6.07) is 17.7. The molecule has 3 aromatic carbocycles. The number of carbonyl (C=O) groups is 1. The van der Waals surface area contributed by atoms with Crippen LogP contribution in [0.4, 0.5) is 5.69 Å². The molecule has 0 bridgehead atoms. The molecule has 0 saturated heterocycles. The van der Waals surface area contributed by atoms with Gasteiger partial charge in [0.25, 0.3) is 5.91 Å². The third kappa shape index (κ3) is 2.91. The summed E-state index contributed by atoms with van der Waals surface area (Å²) in [7, 11) is 0. The number of hydrogen-bond donors (Lipinski definition) is 1. The molecular formula is C23H13BrClNO4. The SMILES string of the molecule is O=C1c2oc3ccc(Cl)cc3c(=O)c2C(c2ccc(O)cc2)N1c1ccc(Br)cc1. The van der Waals surface area contributed by atoms with Gasteiger partial charge in [-0.15, -0.1) is 0 Å². The van der Waals surface area contributed by atoms with Gasteiger partial charge in [-0.3, -0.25) is 14.5 Å². The van der Waals surface area contributed by atoms with Crippen LogP contribution in [0.1, 0.15) is 27.7 Å². The van der Waals surface area contributed by atoms with E-state index >= 15 is 0 Å². The molecule has 0 radical (unpaired) electrons. The Morgan fingerprint density at radius 1 is 0.967 bits per heavy atom. The molecule has 1 unspecified atom stereocenters. The molecule has 2 heterocycles. The number of phenols is 1.